The SMILES string of the molecule is CCCCNCC(O)c1ccc(O)c(OS(C)(=O)=O)c1. The summed E-state index contributed by atoms with van der Waals surface area (Å²) < 4.78 is 26.8. The van der Waals surface area contributed by atoms with Crippen LogP contribution in [0.15, 0.2) is 18.2 Å². The second kappa shape index (κ2) is 7.47. The van der Waals surface area contributed by atoms with Crippen LogP contribution in [-0.2, 0) is 10.1 Å². The van der Waals surface area contributed by atoms with Gasteiger partial charge < -0.3 is 19.7 Å². The number of hydrogen-bond donors (Lipinski definition) is 3. The number of aliphatic hydroxyl groups excluding tert-OH is 1. The molecule has 0 aromatic heterocycles. The van der Waals surface area contributed by atoms with Gasteiger partial charge in [-0.15, -0.1) is 0 Å². The predicted octanol–water partition coefficient (Wildman–Crippen LogP) is 1.15. The van der Waals surface area contributed by atoms with Gasteiger partial charge in [-0.1, -0.05) is 19.4 Å². The van der Waals surface area contributed by atoms with Crippen LogP contribution in [0.1, 0.15) is 31.4 Å². The van der Waals surface area contributed by atoms with Gasteiger partial charge in [-0.05, 0) is 30.7 Å². The number of nitrogens with one attached hydrogen (secondary N) is 1. The average molecular weight is 303 g/mol. The molecule has 0 aliphatic carbocycles. The summed E-state index contributed by atoms with van der Waals surface area (Å²) >= 11 is 0. The van der Waals surface area contributed by atoms with Gasteiger partial charge >= 0.3 is 10.1 Å². The van der Waals surface area contributed by atoms with Gasteiger partial charge in [-0.2, -0.15) is 8.42 Å². The van der Waals surface area contributed by atoms with Crippen molar-refractivity contribution in [3.63, 3.8) is 0 Å². The summed E-state index contributed by atoms with van der Waals surface area (Å²) in [5.41, 5.74) is 0.477. The third kappa shape index (κ3) is 5.77. The highest BCUT2D eigenvalue weighted by atomic mass is 32.2. The molecule has 3 N–H and O–H groups in total. The highest BCUT2D eigenvalue weighted by Gasteiger charge is 2.14. The van der Waals surface area contributed by atoms with Gasteiger partial charge in [0.2, 0.25) is 0 Å². The Bertz CT molecular complexity index is 530. The van der Waals surface area contributed by atoms with Crippen molar-refractivity contribution < 1.29 is 22.8 Å². The summed E-state index contributed by atoms with van der Waals surface area (Å²) in [6.45, 7) is 3.23. The third-order valence-electron chi connectivity index (χ3n) is 2.65. The Balaban J connectivity index is 2.73. The zero-order valence-electron chi connectivity index (χ0n) is 11.7. The molecule has 0 aliphatic heterocycles. The largest absolute Gasteiger partial charge is 0.504 e. The van der Waals surface area contributed by atoms with Gasteiger partial charge in [0.25, 0.3) is 0 Å². The molecule has 1 unspecified atom stereocenters. The minimum Gasteiger partial charge on any atom is -0.504 e. The fourth-order valence-corrected chi connectivity index (χ4v) is 2.09. The molecule has 1 aromatic rings. The summed E-state index contributed by atoms with van der Waals surface area (Å²) in [6.07, 6.45) is 2.18. The number of unbranched alkanes of at least 4 members (excludes halogenated alkanes) is 1. The van der Waals surface area contributed by atoms with Crippen LogP contribution < -0.4 is 9.50 Å². The van der Waals surface area contributed by atoms with Crippen molar-refractivity contribution in [2.24, 2.45) is 0 Å². The van der Waals surface area contributed by atoms with Crippen molar-refractivity contribution in [3.8, 4) is 11.5 Å². The van der Waals surface area contributed by atoms with Crippen LogP contribution in [0.4, 0.5) is 0 Å². The van der Waals surface area contributed by atoms with Gasteiger partial charge in [0.05, 0.1) is 12.4 Å². The monoisotopic (exact) mass is 303 g/mol. The second-order valence-corrected chi connectivity index (χ2v) is 6.16. The smallest absolute Gasteiger partial charge is 0.306 e. The van der Waals surface area contributed by atoms with E-state index < -0.39 is 16.2 Å². The van der Waals surface area contributed by atoms with Crippen LogP contribution >= 0.6 is 0 Å². The third-order valence-corrected chi connectivity index (χ3v) is 3.14. The van der Waals surface area contributed by atoms with Crippen LogP contribution in [0.3, 0.4) is 0 Å². The molecule has 1 rings (SSSR count). The maximum atomic E-state index is 11.1. The van der Waals surface area contributed by atoms with E-state index in [0.29, 0.717) is 12.1 Å². The first-order chi connectivity index (χ1) is 9.33. The Labute approximate surface area is 119 Å². The highest BCUT2D eigenvalue weighted by molar-refractivity contribution is 7.86. The average Bonchev–Trinajstić information content (AvgIpc) is 2.35. The van der Waals surface area contributed by atoms with Crippen molar-refractivity contribution in [1.82, 2.24) is 5.32 Å². The minimum atomic E-state index is -3.72. The van der Waals surface area contributed by atoms with Crippen molar-refractivity contribution in [3.05, 3.63) is 23.8 Å². The molecule has 0 aliphatic rings. The van der Waals surface area contributed by atoms with E-state index in [1.165, 1.54) is 18.2 Å². The maximum Gasteiger partial charge on any atom is 0.306 e. The van der Waals surface area contributed by atoms with Crippen molar-refractivity contribution >= 4 is 10.1 Å². The fraction of sp³-hybridized carbons (Fsp3) is 0.538. The van der Waals surface area contributed by atoms with E-state index >= 15 is 0 Å². The lowest BCUT2D eigenvalue weighted by molar-refractivity contribution is 0.174. The number of benzene rings is 1. The Hall–Kier alpha value is -1.31. The molecule has 0 saturated heterocycles. The lowest BCUT2D eigenvalue weighted by Crippen LogP contribution is -2.22. The van der Waals surface area contributed by atoms with Gasteiger partial charge in [0.15, 0.2) is 11.5 Å². The Morgan fingerprint density at radius 2 is 2.10 bits per heavy atom. The second-order valence-electron chi connectivity index (χ2n) is 4.59. The van der Waals surface area contributed by atoms with Crippen molar-refractivity contribution in [2.75, 3.05) is 19.3 Å². The van der Waals surface area contributed by atoms with E-state index in [1.807, 2.05) is 0 Å². The molecule has 0 bridgehead atoms. The molecule has 114 valence electrons. The molecular formula is C13H21NO5S. The molecule has 1 atom stereocenters. The minimum absolute atomic E-state index is 0.183. The Morgan fingerprint density at radius 3 is 2.70 bits per heavy atom. The molecule has 6 nitrogen and oxygen atoms in total. The van der Waals surface area contributed by atoms with Gasteiger partial charge in [-0.3, -0.25) is 0 Å². The summed E-state index contributed by atoms with van der Waals surface area (Å²) in [6, 6.07) is 4.14. The Morgan fingerprint density at radius 1 is 1.40 bits per heavy atom. The van der Waals surface area contributed by atoms with Crippen molar-refractivity contribution in [2.45, 2.75) is 25.9 Å². The summed E-state index contributed by atoms with van der Waals surface area (Å²) in [4.78, 5) is 0. The first-order valence-corrected chi connectivity index (χ1v) is 8.26. The molecule has 0 radical (unpaired) electrons. The number of hydrogen-bond acceptors (Lipinski definition) is 6. The van der Waals surface area contributed by atoms with Crippen LogP contribution in [0.25, 0.3) is 0 Å². The van der Waals surface area contributed by atoms with Gasteiger partial charge in [0.1, 0.15) is 0 Å². The van der Waals surface area contributed by atoms with E-state index in [2.05, 4.69) is 16.4 Å². The number of aromatic hydroxyl groups is 1. The number of phenols is 1. The first-order valence-electron chi connectivity index (χ1n) is 6.44. The van der Waals surface area contributed by atoms with Crippen LogP contribution in [0.2, 0.25) is 0 Å². The fourth-order valence-electron chi connectivity index (χ4n) is 1.63. The van der Waals surface area contributed by atoms with Crippen LogP contribution in [0.5, 0.6) is 11.5 Å². The lowest BCUT2D eigenvalue weighted by Gasteiger charge is -2.14. The van der Waals surface area contributed by atoms with E-state index in [-0.39, 0.29) is 11.5 Å². The van der Waals surface area contributed by atoms with Gasteiger partial charge in [-0.25, -0.2) is 0 Å². The number of rotatable bonds is 8. The predicted molar refractivity (Wildman–Crippen MR) is 76.3 cm³/mol. The van der Waals surface area contributed by atoms with E-state index in [4.69, 9.17) is 0 Å². The number of phenolic OH excluding ortho intramolecular Hbond substituents is 1. The van der Waals surface area contributed by atoms with E-state index in [0.717, 1.165) is 25.6 Å². The lowest BCUT2D eigenvalue weighted by atomic mass is 10.1. The highest BCUT2D eigenvalue weighted by Crippen LogP contribution is 2.30. The topological polar surface area (TPSA) is 95.9 Å². The quantitative estimate of drug-likeness (QED) is 0.492. The Kier molecular flexibility index (Phi) is 6.25. The molecule has 0 saturated carbocycles. The molecule has 1 aromatic carbocycles. The van der Waals surface area contributed by atoms with E-state index in [1.54, 1.807) is 0 Å². The van der Waals surface area contributed by atoms with Crippen LogP contribution in [-0.4, -0.2) is 38.0 Å². The van der Waals surface area contributed by atoms with E-state index in [9.17, 15) is 18.6 Å². The maximum absolute atomic E-state index is 11.1. The summed E-state index contributed by atoms with van der Waals surface area (Å²) in [7, 11) is -3.72. The molecule has 20 heavy (non-hydrogen) atoms. The summed E-state index contributed by atoms with van der Waals surface area (Å²) in [5, 5.41) is 22.6. The molecular weight excluding hydrogens is 282 g/mol. The normalized spacial score (nSPS) is 13.2. The van der Waals surface area contributed by atoms with Gasteiger partial charge in [0, 0.05) is 6.54 Å². The molecule has 0 heterocycles. The van der Waals surface area contributed by atoms with Crippen molar-refractivity contribution in [1.29, 1.82) is 0 Å². The number of aliphatic hydroxyl groups is 1. The first kappa shape index (κ1) is 16.7. The zero-order chi connectivity index (χ0) is 15.2. The molecule has 0 fully saturated rings. The standard InChI is InChI=1S/C13H21NO5S/c1-3-4-7-14-9-12(16)10-5-6-11(15)13(8-10)19-20(2,17)18/h5-6,8,12,14-16H,3-4,7,9H2,1-2H3. The van der Waals surface area contributed by atoms with Crippen LogP contribution in [0, 0.1) is 0 Å². The molecule has 7 heteroatoms. The zero-order valence-corrected chi connectivity index (χ0v) is 12.5. The molecule has 0 amide bonds. The molecule has 0 spiro atoms. The summed E-state index contributed by atoms with van der Waals surface area (Å²) in [5.74, 6) is -0.470.